The lowest BCUT2D eigenvalue weighted by atomic mass is 9.96. The molecule has 1 aliphatic rings. The van der Waals surface area contributed by atoms with Crippen molar-refractivity contribution in [1.29, 1.82) is 0 Å². The summed E-state index contributed by atoms with van der Waals surface area (Å²) >= 11 is -2.29. The first-order chi connectivity index (χ1) is 14.4. The predicted octanol–water partition coefficient (Wildman–Crippen LogP) is 4.76. The molecule has 30 heavy (non-hydrogen) atoms. The second-order valence-corrected chi connectivity index (χ2v) is 7.95. The zero-order valence-electron chi connectivity index (χ0n) is 16.1. The van der Waals surface area contributed by atoms with Crippen LogP contribution >= 0.6 is 0 Å². The van der Waals surface area contributed by atoms with E-state index in [9.17, 15) is 22.3 Å². The van der Waals surface area contributed by atoms with Gasteiger partial charge in [-0.2, -0.15) is 8.78 Å². The van der Waals surface area contributed by atoms with Crippen LogP contribution < -0.4 is 14.8 Å². The van der Waals surface area contributed by atoms with Crippen molar-refractivity contribution >= 4 is 17.2 Å². The Morgan fingerprint density at radius 1 is 1.17 bits per heavy atom. The maximum Gasteiger partial charge on any atom is 0.412 e. The highest BCUT2D eigenvalue weighted by Crippen LogP contribution is 2.35. The number of benzene rings is 2. The average Bonchev–Trinajstić information content (AvgIpc) is 2.69. The summed E-state index contributed by atoms with van der Waals surface area (Å²) in [5, 5.41) is 2.82. The third-order valence-electron chi connectivity index (χ3n) is 4.83. The van der Waals surface area contributed by atoms with Crippen LogP contribution in [0.1, 0.15) is 37.7 Å². The Bertz CT molecular complexity index is 903. The first-order valence-corrected chi connectivity index (χ1v) is 10.9. The van der Waals surface area contributed by atoms with Crippen LogP contribution in [0, 0.1) is 0 Å². The molecule has 1 aliphatic carbocycles. The molecule has 1 fully saturated rings. The molecule has 0 saturated heterocycles. The number of rotatable bonds is 7. The first-order valence-electron chi connectivity index (χ1n) is 9.63. The number of hydrogen-bond donors (Lipinski definition) is 1. The third kappa shape index (κ3) is 6.50. The maximum absolute atomic E-state index is 12.8. The van der Waals surface area contributed by atoms with Gasteiger partial charge in [0.15, 0.2) is 0 Å². The van der Waals surface area contributed by atoms with Crippen molar-refractivity contribution in [2.45, 2.75) is 50.5 Å². The van der Waals surface area contributed by atoms with Crippen LogP contribution in [0.25, 0.3) is 11.1 Å². The summed E-state index contributed by atoms with van der Waals surface area (Å²) in [6.07, 6.45) is 4.45. The highest BCUT2D eigenvalue weighted by atomic mass is 32.2. The fraction of sp³-hybridized carbons (Fsp3) is 0.381. The number of carbonyl (C=O) groups excluding carboxylic acids is 1. The number of carbonyl (C=O) groups is 1. The Balaban J connectivity index is 1.83. The molecule has 0 aromatic heterocycles. The molecule has 1 unspecified atom stereocenters. The summed E-state index contributed by atoms with van der Waals surface area (Å²) in [6.45, 7) is -3.04. The van der Waals surface area contributed by atoms with E-state index in [2.05, 4.69) is 10.1 Å². The molecule has 3 rings (SSSR count). The van der Waals surface area contributed by atoms with Crippen molar-refractivity contribution in [2.24, 2.45) is 0 Å². The Morgan fingerprint density at radius 3 is 2.63 bits per heavy atom. The molecule has 1 atom stereocenters. The smallest absolute Gasteiger partial charge is 0.412 e. The number of alkyl halides is 2. The molecule has 2 aromatic carbocycles. The van der Waals surface area contributed by atoms with E-state index in [1.807, 2.05) is 0 Å². The van der Waals surface area contributed by atoms with Crippen molar-refractivity contribution in [1.82, 2.24) is 5.32 Å². The summed E-state index contributed by atoms with van der Waals surface area (Å²) in [6, 6.07) is 10.6. The van der Waals surface area contributed by atoms with Crippen molar-refractivity contribution in [2.75, 3.05) is 0 Å². The van der Waals surface area contributed by atoms with Crippen LogP contribution in [-0.4, -0.2) is 27.5 Å². The molecule has 1 N–H and O–H groups in total. The maximum atomic E-state index is 12.8. The normalized spacial score (nSPS) is 15.6. The van der Waals surface area contributed by atoms with Crippen molar-refractivity contribution in [3.63, 3.8) is 0 Å². The lowest BCUT2D eigenvalue weighted by molar-refractivity contribution is -0.0494. The van der Waals surface area contributed by atoms with Gasteiger partial charge in [0, 0.05) is 17.4 Å². The van der Waals surface area contributed by atoms with Crippen molar-refractivity contribution in [3.05, 3.63) is 48.0 Å². The minimum Gasteiger partial charge on any atom is -0.772 e. The van der Waals surface area contributed by atoms with Crippen LogP contribution in [-0.2, 0) is 16.8 Å². The van der Waals surface area contributed by atoms with Gasteiger partial charge in [-0.15, -0.1) is 0 Å². The van der Waals surface area contributed by atoms with Gasteiger partial charge in [-0.25, -0.2) is 4.79 Å². The molecule has 6 nitrogen and oxygen atoms in total. The van der Waals surface area contributed by atoms with Crippen LogP contribution in [0.3, 0.4) is 0 Å². The Morgan fingerprint density at radius 2 is 1.93 bits per heavy atom. The average molecular weight is 438 g/mol. The van der Waals surface area contributed by atoms with Gasteiger partial charge in [-0.1, -0.05) is 54.6 Å². The van der Waals surface area contributed by atoms with Crippen molar-refractivity contribution < 1.29 is 31.8 Å². The minimum absolute atomic E-state index is 0.0665. The minimum atomic E-state index is -3.04. The highest BCUT2D eigenvalue weighted by Gasteiger charge is 2.18. The number of amides is 1. The highest BCUT2D eigenvalue weighted by molar-refractivity contribution is 7.78. The van der Waals surface area contributed by atoms with E-state index in [0.717, 1.165) is 32.1 Å². The van der Waals surface area contributed by atoms with Crippen molar-refractivity contribution in [3.8, 4) is 22.6 Å². The largest absolute Gasteiger partial charge is 0.772 e. The molecule has 0 spiro atoms. The molecule has 0 aliphatic heterocycles. The molecular weight excluding hydrogens is 416 g/mol. The molecule has 9 heteroatoms. The standard InChI is InChI=1S/C21H23F2NO5S/c22-20(23)29-19-10-9-17(28-21(25)24-16-7-2-1-3-8-16)12-18(19)15-6-4-5-14(11-15)13-30(26)27/h4-6,9-12,16,20H,1-3,7-8,13H2,(H,24,25)(H,26,27)/p-1. The molecular formula is C21H22F2NO5S-. The van der Waals surface area contributed by atoms with Crippen LogP contribution in [0.5, 0.6) is 11.5 Å². The number of halogens is 2. The number of ether oxygens (including phenoxy) is 2. The summed E-state index contributed by atoms with van der Waals surface area (Å²) < 4.78 is 57.6. The molecule has 162 valence electrons. The van der Waals surface area contributed by atoms with Gasteiger partial charge in [-0.3, -0.25) is 4.21 Å². The molecule has 1 amide bonds. The predicted molar refractivity (Wildman–Crippen MR) is 107 cm³/mol. The SMILES string of the molecule is O=C(NC1CCCCC1)Oc1ccc(OC(F)F)c(-c2cccc(CS(=O)[O-])c2)c1. The van der Waals surface area contributed by atoms with E-state index >= 15 is 0 Å². The zero-order valence-corrected chi connectivity index (χ0v) is 17.0. The van der Waals surface area contributed by atoms with Gasteiger partial charge in [0.2, 0.25) is 0 Å². The van der Waals surface area contributed by atoms with E-state index in [1.54, 1.807) is 24.3 Å². The fourth-order valence-electron chi connectivity index (χ4n) is 3.51. The summed E-state index contributed by atoms with van der Waals surface area (Å²) in [4.78, 5) is 12.2. The van der Waals surface area contributed by atoms with Gasteiger partial charge in [0.05, 0.1) is 0 Å². The van der Waals surface area contributed by atoms with E-state index in [1.165, 1.54) is 18.2 Å². The Kier molecular flexibility index (Phi) is 7.75. The zero-order chi connectivity index (χ0) is 21.5. The van der Waals surface area contributed by atoms with Gasteiger partial charge in [-0.05, 0) is 42.2 Å². The molecule has 0 radical (unpaired) electrons. The number of nitrogens with one attached hydrogen (secondary N) is 1. The first kappa shape index (κ1) is 22.2. The monoisotopic (exact) mass is 438 g/mol. The molecule has 1 saturated carbocycles. The molecule has 0 bridgehead atoms. The van der Waals surface area contributed by atoms with Crippen LogP contribution in [0.15, 0.2) is 42.5 Å². The van der Waals surface area contributed by atoms with Gasteiger partial charge >= 0.3 is 12.7 Å². The van der Waals surface area contributed by atoms with Gasteiger partial charge < -0.3 is 19.3 Å². The summed E-state index contributed by atoms with van der Waals surface area (Å²) in [7, 11) is 0. The Labute approximate surface area is 175 Å². The number of hydrogen-bond acceptors (Lipinski definition) is 5. The third-order valence-corrected chi connectivity index (χ3v) is 5.40. The van der Waals surface area contributed by atoms with Gasteiger partial charge in [0.1, 0.15) is 11.5 Å². The second kappa shape index (κ2) is 10.5. The Hall–Kier alpha value is -2.52. The second-order valence-electron chi connectivity index (χ2n) is 7.05. The van der Waals surface area contributed by atoms with Crippen LogP contribution in [0.4, 0.5) is 13.6 Å². The quantitative estimate of drug-likeness (QED) is 0.630. The summed E-state index contributed by atoms with van der Waals surface area (Å²) in [5.41, 5.74) is 1.22. The lowest BCUT2D eigenvalue weighted by Crippen LogP contribution is -2.38. The lowest BCUT2D eigenvalue weighted by Gasteiger charge is -2.22. The molecule has 2 aromatic rings. The van der Waals surface area contributed by atoms with E-state index in [-0.39, 0.29) is 28.9 Å². The summed E-state index contributed by atoms with van der Waals surface area (Å²) in [5.74, 6) is -0.151. The van der Waals surface area contributed by atoms with Crippen LogP contribution in [0.2, 0.25) is 0 Å². The van der Waals surface area contributed by atoms with E-state index in [0.29, 0.717) is 11.1 Å². The van der Waals surface area contributed by atoms with E-state index < -0.39 is 23.8 Å². The molecule has 0 heterocycles. The topological polar surface area (TPSA) is 87.7 Å². The van der Waals surface area contributed by atoms with Gasteiger partial charge in [0.25, 0.3) is 0 Å². The fourth-order valence-corrected chi connectivity index (χ4v) is 3.96. The van der Waals surface area contributed by atoms with E-state index in [4.69, 9.17) is 4.74 Å².